The van der Waals surface area contributed by atoms with Crippen molar-refractivity contribution in [3.8, 4) is 11.5 Å². The maximum Gasteiger partial charge on any atom is 0.243 e. The molecule has 1 unspecified atom stereocenters. The molecule has 0 bridgehead atoms. The quantitative estimate of drug-likeness (QED) is 0.162. The summed E-state index contributed by atoms with van der Waals surface area (Å²) >= 11 is 0. The number of benzene rings is 4. The molecule has 0 saturated carbocycles. The summed E-state index contributed by atoms with van der Waals surface area (Å²) in [4.78, 5) is 29.6. The normalized spacial score (nSPS) is 11.8. The van der Waals surface area contributed by atoms with Gasteiger partial charge in [-0.25, -0.2) is 17.5 Å². The van der Waals surface area contributed by atoms with E-state index < -0.39 is 21.9 Å². The van der Waals surface area contributed by atoms with Gasteiger partial charge in [-0.2, -0.15) is 0 Å². The van der Waals surface area contributed by atoms with Crippen molar-refractivity contribution in [3.05, 3.63) is 125 Å². The molecule has 48 heavy (non-hydrogen) atoms. The van der Waals surface area contributed by atoms with Gasteiger partial charge >= 0.3 is 0 Å². The van der Waals surface area contributed by atoms with Crippen LogP contribution in [0.2, 0.25) is 0 Å². The summed E-state index contributed by atoms with van der Waals surface area (Å²) in [5, 5.41) is 3.02. The van der Waals surface area contributed by atoms with Crippen LogP contribution in [0.3, 0.4) is 0 Å². The smallest absolute Gasteiger partial charge is 0.243 e. The van der Waals surface area contributed by atoms with Crippen LogP contribution in [-0.2, 0) is 45.4 Å². The third-order valence-corrected chi connectivity index (χ3v) is 9.46. The fourth-order valence-electron chi connectivity index (χ4n) is 5.33. The summed E-state index contributed by atoms with van der Waals surface area (Å²) in [6.07, 6.45) is 1.20. The van der Waals surface area contributed by atoms with Crippen molar-refractivity contribution in [2.75, 3.05) is 27.3 Å². The second-order valence-corrected chi connectivity index (χ2v) is 13.0. The highest BCUT2D eigenvalue weighted by atomic mass is 32.2. The third kappa shape index (κ3) is 10.1. The van der Waals surface area contributed by atoms with Gasteiger partial charge in [-0.15, -0.1) is 0 Å². The van der Waals surface area contributed by atoms with Gasteiger partial charge in [0.15, 0.2) is 11.5 Å². The van der Waals surface area contributed by atoms with E-state index in [1.807, 2.05) is 48.5 Å². The number of hydrogen-bond donors (Lipinski definition) is 2. The van der Waals surface area contributed by atoms with E-state index in [1.165, 1.54) is 24.3 Å². The van der Waals surface area contributed by atoms with Gasteiger partial charge in [-0.1, -0.05) is 67.6 Å². The third-order valence-electron chi connectivity index (χ3n) is 7.89. The van der Waals surface area contributed by atoms with Crippen molar-refractivity contribution in [2.45, 2.75) is 50.1 Å². The molecule has 2 N–H and O–H groups in total. The highest BCUT2D eigenvalue weighted by molar-refractivity contribution is 7.89. The number of hydrogen-bond acceptors (Lipinski definition) is 6. The molecule has 1 atom stereocenters. The Balaban J connectivity index is 1.56. The van der Waals surface area contributed by atoms with Crippen LogP contribution < -0.4 is 19.5 Å². The summed E-state index contributed by atoms with van der Waals surface area (Å²) in [5.41, 5.74) is 3.28. The van der Waals surface area contributed by atoms with Gasteiger partial charge in [0.05, 0.1) is 19.1 Å². The SMILES string of the molecule is CCNS(=O)(=O)c1ccc(CCC(=O)N(Cc2ccc(F)cc2)C(Cc2ccccc2)C(=O)NCCc2ccc(OC)c(OC)c2)cc1. The van der Waals surface area contributed by atoms with E-state index in [9.17, 15) is 22.4 Å². The van der Waals surface area contributed by atoms with Crippen LogP contribution in [0.15, 0.2) is 102 Å². The van der Waals surface area contributed by atoms with Gasteiger partial charge in [0.1, 0.15) is 11.9 Å². The molecule has 11 heteroatoms. The molecule has 0 aliphatic heterocycles. The van der Waals surface area contributed by atoms with Gasteiger partial charge in [-0.3, -0.25) is 9.59 Å². The van der Waals surface area contributed by atoms with Crippen LogP contribution in [0.25, 0.3) is 0 Å². The zero-order valence-corrected chi connectivity index (χ0v) is 28.3. The lowest BCUT2D eigenvalue weighted by Crippen LogP contribution is -2.50. The standard InChI is InChI=1S/C37H42FN3O6S/c1-4-40-48(44,45)32-18-12-27(13-19-32)15-21-36(42)41(26-30-10-16-31(38)17-11-30)33(24-28-8-6-5-7-9-28)37(43)39-23-22-29-14-20-34(46-2)35(25-29)47-3/h5-14,16-20,25,33,40H,4,15,21-24,26H2,1-3H3,(H,39,43). The zero-order chi connectivity index (χ0) is 34.5. The first-order valence-electron chi connectivity index (χ1n) is 15.8. The Hall–Kier alpha value is -4.74. The number of aryl methyl sites for hydroxylation is 1. The van der Waals surface area contributed by atoms with Crippen LogP contribution in [-0.4, -0.2) is 58.5 Å². The lowest BCUT2D eigenvalue weighted by Gasteiger charge is -2.32. The Bertz CT molecular complexity index is 1750. The number of methoxy groups -OCH3 is 2. The Labute approximate surface area is 282 Å². The van der Waals surface area contributed by atoms with Crippen LogP contribution in [0, 0.1) is 5.82 Å². The maximum absolute atomic E-state index is 14.0. The fraction of sp³-hybridized carbons (Fsp3) is 0.297. The Morgan fingerprint density at radius 1 is 0.792 bits per heavy atom. The molecule has 0 aromatic heterocycles. The first kappa shape index (κ1) is 36.1. The summed E-state index contributed by atoms with van der Waals surface area (Å²) in [6.45, 7) is 2.40. The van der Waals surface area contributed by atoms with Crippen LogP contribution in [0.5, 0.6) is 11.5 Å². The molecule has 9 nitrogen and oxygen atoms in total. The van der Waals surface area contributed by atoms with E-state index in [1.54, 1.807) is 50.3 Å². The predicted molar refractivity (Wildman–Crippen MR) is 183 cm³/mol. The molecule has 0 aliphatic carbocycles. The number of sulfonamides is 1. The van der Waals surface area contributed by atoms with Crippen LogP contribution in [0.4, 0.5) is 4.39 Å². The zero-order valence-electron chi connectivity index (χ0n) is 27.4. The minimum Gasteiger partial charge on any atom is -0.493 e. The van der Waals surface area contributed by atoms with Crippen molar-refractivity contribution in [1.82, 2.24) is 14.9 Å². The van der Waals surface area contributed by atoms with Crippen molar-refractivity contribution in [3.63, 3.8) is 0 Å². The monoisotopic (exact) mass is 675 g/mol. The van der Waals surface area contributed by atoms with E-state index in [4.69, 9.17) is 9.47 Å². The van der Waals surface area contributed by atoms with Crippen LogP contribution >= 0.6 is 0 Å². The number of nitrogens with one attached hydrogen (secondary N) is 2. The molecule has 4 aromatic rings. The van der Waals surface area contributed by atoms with Gasteiger partial charge in [-0.05, 0) is 71.5 Å². The Morgan fingerprint density at radius 2 is 1.44 bits per heavy atom. The number of ether oxygens (including phenoxy) is 2. The first-order chi connectivity index (χ1) is 23.1. The number of amides is 2. The Morgan fingerprint density at radius 3 is 2.08 bits per heavy atom. The minimum absolute atomic E-state index is 0.0741. The summed E-state index contributed by atoms with van der Waals surface area (Å²) in [7, 11) is -0.469. The van der Waals surface area contributed by atoms with E-state index in [2.05, 4.69) is 10.0 Å². The number of halogens is 1. The van der Waals surface area contributed by atoms with E-state index in [0.717, 1.165) is 16.7 Å². The van der Waals surface area contributed by atoms with Crippen molar-refractivity contribution in [2.24, 2.45) is 0 Å². The first-order valence-corrected chi connectivity index (χ1v) is 17.3. The summed E-state index contributed by atoms with van der Waals surface area (Å²) in [6, 6.07) is 26.5. The lowest BCUT2D eigenvalue weighted by molar-refractivity contribution is -0.141. The lowest BCUT2D eigenvalue weighted by atomic mass is 10.0. The molecule has 4 rings (SSSR count). The highest BCUT2D eigenvalue weighted by Crippen LogP contribution is 2.27. The molecule has 0 spiro atoms. The molecule has 0 fully saturated rings. The van der Waals surface area contributed by atoms with E-state index in [-0.39, 0.29) is 42.6 Å². The molecular weight excluding hydrogens is 633 g/mol. The maximum atomic E-state index is 14.0. The van der Waals surface area contributed by atoms with Gasteiger partial charge in [0.2, 0.25) is 21.8 Å². The van der Waals surface area contributed by atoms with Crippen LogP contribution in [0.1, 0.15) is 35.6 Å². The van der Waals surface area contributed by atoms with Gasteiger partial charge in [0.25, 0.3) is 0 Å². The molecule has 0 aliphatic rings. The van der Waals surface area contributed by atoms with Crippen molar-refractivity contribution in [1.29, 1.82) is 0 Å². The summed E-state index contributed by atoms with van der Waals surface area (Å²) < 4.78 is 51.7. The predicted octanol–water partition coefficient (Wildman–Crippen LogP) is 5.07. The number of rotatable bonds is 17. The molecular formula is C37H42FN3O6S. The van der Waals surface area contributed by atoms with Gasteiger partial charge < -0.3 is 19.7 Å². The number of nitrogens with zero attached hydrogens (tertiary/aromatic N) is 1. The molecule has 254 valence electrons. The topological polar surface area (TPSA) is 114 Å². The fourth-order valence-corrected chi connectivity index (χ4v) is 6.37. The molecule has 0 saturated heterocycles. The van der Waals surface area contributed by atoms with E-state index in [0.29, 0.717) is 36.4 Å². The molecule has 0 heterocycles. The summed E-state index contributed by atoms with van der Waals surface area (Å²) in [5.74, 6) is 0.225. The highest BCUT2D eigenvalue weighted by Gasteiger charge is 2.30. The number of carbonyl (C=O) groups is 2. The molecule has 4 aromatic carbocycles. The molecule has 2 amide bonds. The average molecular weight is 676 g/mol. The second kappa shape index (κ2) is 17.4. The van der Waals surface area contributed by atoms with E-state index >= 15 is 0 Å². The van der Waals surface area contributed by atoms with Crippen molar-refractivity contribution >= 4 is 21.8 Å². The number of carbonyl (C=O) groups excluding carboxylic acids is 2. The largest absolute Gasteiger partial charge is 0.493 e. The Kier molecular flexibility index (Phi) is 13.1. The average Bonchev–Trinajstić information content (AvgIpc) is 3.10. The minimum atomic E-state index is -3.60. The molecule has 0 radical (unpaired) electrons. The van der Waals surface area contributed by atoms with Crippen molar-refractivity contribution < 1.29 is 31.9 Å². The second-order valence-electron chi connectivity index (χ2n) is 11.2. The van der Waals surface area contributed by atoms with Gasteiger partial charge in [0, 0.05) is 32.5 Å².